The summed E-state index contributed by atoms with van der Waals surface area (Å²) >= 11 is 16.3. The molecule has 0 aromatic carbocycles. The van der Waals surface area contributed by atoms with Gasteiger partial charge in [0.25, 0.3) is 0 Å². The zero-order valence-electron chi connectivity index (χ0n) is 5.04. The van der Waals surface area contributed by atoms with E-state index >= 15 is 0 Å². The van der Waals surface area contributed by atoms with Crippen molar-refractivity contribution in [3.63, 3.8) is 0 Å². The Kier molecular flexibility index (Phi) is 7.58. The molecule has 0 aliphatic carbocycles. The second kappa shape index (κ2) is 6.94. The summed E-state index contributed by atoms with van der Waals surface area (Å²) in [4.78, 5) is 2.61. The minimum atomic E-state index is 0.265. The molecule has 0 saturated heterocycles. The molecule has 0 aromatic rings. The average molecular weight is 191 g/mol. The molecule has 0 spiro atoms. The molecule has 0 bridgehead atoms. The predicted octanol–water partition coefficient (Wildman–Crippen LogP) is 2.36. The Labute approximate surface area is 70.8 Å². The first kappa shape index (κ1) is 9.83. The van der Waals surface area contributed by atoms with Crippen molar-refractivity contribution in [2.24, 2.45) is 0 Å². The van der Waals surface area contributed by atoms with Gasteiger partial charge in [0.15, 0.2) is 0 Å². The van der Waals surface area contributed by atoms with E-state index in [1.807, 2.05) is 0 Å². The van der Waals surface area contributed by atoms with Crippen LogP contribution in [-0.4, -0.2) is 17.8 Å². The fraction of sp³-hybridized carbons (Fsp3) is 1.00. The predicted molar refractivity (Wildman–Crippen MR) is 43.5 cm³/mol. The number of hydrogen-bond donors (Lipinski definition) is 1. The molecule has 56 valence electrons. The van der Waals surface area contributed by atoms with E-state index in [1.54, 1.807) is 0 Å². The van der Waals surface area contributed by atoms with Crippen molar-refractivity contribution in [2.75, 3.05) is 11.8 Å². The molecule has 0 amide bonds. The van der Waals surface area contributed by atoms with Gasteiger partial charge in [-0.15, -0.1) is 23.2 Å². The van der Waals surface area contributed by atoms with Crippen LogP contribution in [0.3, 0.4) is 0 Å². The summed E-state index contributed by atoms with van der Waals surface area (Å²) in [7, 11) is 0. The summed E-state index contributed by atoms with van der Waals surface area (Å²) in [5, 5.41) is 0. The summed E-state index contributed by atoms with van der Waals surface area (Å²) in [5.74, 6) is 1.25. The molecule has 0 rings (SSSR count). The summed E-state index contributed by atoms with van der Waals surface area (Å²) in [6.07, 6.45) is 1.75. The van der Waals surface area contributed by atoms with Crippen molar-refractivity contribution in [1.29, 1.82) is 0 Å². The van der Waals surface area contributed by atoms with Gasteiger partial charge in [-0.05, 0) is 24.6 Å². The van der Waals surface area contributed by atoms with Crippen LogP contribution in [0.25, 0.3) is 0 Å². The molecule has 0 heterocycles. The highest BCUT2D eigenvalue weighted by atomic mass is 35.5. The van der Waals surface area contributed by atoms with Gasteiger partial charge in [0.05, 0.1) is 0 Å². The zero-order valence-corrected chi connectivity index (χ0v) is 7.31. The number of alkyl halides is 2. The van der Waals surface area contributed by atoms with Crippen LogP contribution in [0.5, 0.6) is 0 Å². The third kappa shape index (κ3) is 5.28. The van der Waals surface area contributed by atoms with E-state index in [0.29, 0.717) is 11.8 Å². The lowest BCUT2D eigenvalue weighted by molar-refractivity contribution is 0.591. The second-order valence-electron chi connectivity index (χ2n) is 1.76. The molecule has 4 heteroatoms. The molecular formula is C5H10Cl3N. The van der Waals surface area contributed by atoms with Gasteiger partial charge in [-0.2, -0.15) is 0 Å². The van der Waals surface area contributed by atoms with Crippen LogP contribution in [0, 0.1) is 0 Å². The summed E-state index contributed by atoms with van der Waals surface area (Å²) in [6, 6.07) is 0.265. The Morgan fingerprint density at radius 1 is 1.11 bits per heavy atom. The maximum atomic E-state index is 5.47. The van der Waals surface area contributed by atoms with Crippen molar-refractivity contribution < 1.29 is 0 Å². The Morgan fingerprint density at radius 3 is 1.78 bits per heavy atom. The molecule has 0 radical (unpaired) electrons. The van der Waals surface area contributed by atoms with Crippen LogP contribution in [0.2, 0.25) is 0 Å². The van der Waals surface area contributed by atoms with Crippen molar-refractivity contribution >= 4 is 35.0 Å². The molecule has 9 heavy (non-hydrogen) atoms. The van der Waals surface area contributed by atoms with Crippen LogP contribution in [0.1, 0.15) is 12.8 Å². The smallest absolute Gasteiger partial charge is 0.0243 e. The van der Waals surface area contributed by atoms with Crippen molar-refractivity contribution in [3.8, 4) is 0 Å². The minimum Gasteiger partial charge on any atom is -0.230 e. The average Bonchev–Trinajstić information content (AvgIpc) is 1.88. The van der Waals surface area contributed by atoms with Crippen LogP contribution in [0.15, 0.2) is 0 Å². The van der Waals surface area contributed by atoms with E-state index in [0.717, 1.165) is 12.8 Å². The maximum Gasteiger partial charge on any atom is 0.0243 e. The number of hydrogen-bond acceptors (Lipinski definition) is 1. The zero-order chi connectivity index (χ0) is 7.11. The molecule has 1 N–H and O–H groups in total. The highest BCUT2D eigenvalue weighted by Crippen LogP contribution is 2.01. The Bertz CT molecular complexity index is 54.2. The van der Waals surface area contributed by atoms with Gasteiger partial charge in [-0.25, -0.2) is 4.84 Å². The van der Waals surface area contributed by atoms with Crippen LogP contribution in [-0.2, 0) is 0 Å². The molecule has 0 atom stereocenters. The molecule has 0 aliphatic rings. The number of halogens is 3. The van der Waals surface area contributed by atoms with E-state index < -0.39 is 0 Å². The van der Waals surface area contributed by atoms with Gasteiger partial charge in [-0.1, -0.05) is 0 Å². The molecule has 1 nitrogen and oxygen atoms in total. The largest absolute Gasteiger partial charge is 0.230 e. The van der Waals surface area contributed by atoms with Gasteiger partial charge in [0.1, 0.15) is 0 Å². The molecule has 0 aromatic heterocycles. The standard InChI is InChI=1S/C5H10Cl3N/c6-3-1-5(9-8)2-4-7/h5,9H,1-4H2. The second-order valence-corrected chi connectivity index (χ2v) is 2.74. The van der Waals surface area contributed by atoms with E-state index in [-0.39, 0.29) is 6.04 Å². The van der Waals surface area contributed by atoms with Crippen LogP contribution < -0.4 is 4.84 Å². The van der Waals surface area contributed by atoms with Crippen molar-refractivity contribution in [2.45, 2.75) is 18.9 Å². The van der Waals surface area contributed by atoms with E-state index in [1.165, 1.54) is 0 Å². The molecule has 0 aliphatic heterocycles. The number of rotatable bonds is 5. The Hall–Kier alpha value is 0.830. The quantitative estimate of drug-likeness (QED) is 0.518. The lowest BCUT2D eigenvalue weighted by Gasteiger charge is -2.09. The molecule has 0 saturated carbocycles. The molecule has 0 fully saturated rings. The highest BCUT2D eigenvalue weighted by Gasteiger charge is 2.03. The monoisotopic (exact) mass is 189 g/mol. The van der Waals surface area contributed by atoms with E-state index in [9.17, 15) is 0 Å². The third-order valence-corrected chi connectivity index (χ3v) is 1.81. The van der Waals surface area contributed by atoms with E-state index in [2.05, 4.69) is 4.84 Å². The van der Waals surface area contributed by atoms with Crippen LogP contribution in [0.4, 0.5) is 0 Å². The first-order valence-corrected chi connectivity index (χ1v) is 4.28. The SMILES string of the molecule is ClCCC(CCCl)NCl. The summed E-state index contributed by atoms with van der Waals surface area (Å²) in [6.45, 7) is 0. The lowest BCUT2D eigenvalue weighted by Crippen LogP contribution is -2.21. The lowest BCUT2D eigenvalue weighted by atomic mass is 10.2. The van der Waals surface area contributed by atoms with Gasteiger partial charge in [0.2, 0.25) is 0 Å². The fourth-order valence-electron chi connectivity index (χ4n) is 0.517. The fourth-order valence-corrected chi connectivity index (χ4v) is 1.26. The summed E-state index contributed by atoms with van der Waals surface area (Å²) in [5.41, 5.74) is 0. The van der Waals surface area contributed by atoms with E-state index in [4.69, 9.17) is 35.0 Å². The minimum absolute atomic E-state index is 0.265. The molecular weight excluding hydrogens is 180 g/mol. The van der Waals surface area contributed by atoms with Crippen molar-refractivity contribution in [3.05, 3.63) is 0 Å². The highest BCUT2D eigenvalue weighted by molar-refractivity contribution is 6.18. The Balaban J connectivity index is 3.18. The van der Waals surface area contributed by atoms with Gasteiger partial charge >= 0.3 is 0 Å². The maximum absolute atomic E-state index is 5.47. The molecule has 0 unspecified atom stereocenters. The van der Waals surface area contributed by atoms with Crippen LogP contribution >= 0.6 is 35.0 Å². The number of nitrogens with one attached hydrogen (secondary N) is 1. The van der Waals surface area contributed by atoms with Gasteiger partial charge < -0.3 is 0 Å². The van der Waals surface area contributed by atoms with Gasteiger partial charge in [0, 0.05) is 17.8 Å². The van der Waals surface area contributed by atoms with Crippen molar-refractivity contribution in [1.82, 2.24) is 4.84 Å². The Morgan fingerprint density at radius 2 is 1.56 bits per heavy atom. The first-order chi connectivity index (χ1) is 4.35. The summed E-state index contributed by atoms with van der Waals surface area (Å²) < 4.78 is 0. The van der Waals surface area contributed by atoms with Gasteiger partial charge in [-0.3, -0.25) is 0 Å². The topological polar surface area (TPSA) is 12.0 Å². The normalized spacial score (nSPS) is 10.7. The third-order valence-electron chi connectivity index (χ3n) is 1.07. The first-order valence-electron chi connectivity index (χ1n) is 2.83.